The summed E-state index contributed by atoms with van der Waals surface area (Å²) < 4.78 is 3.25. The SMILES string of the molecule is Cc1ccc(N2C(=O)S/C(=C\c3cc(C)n(-c4ccc(Br)c5ccccc45)c3C)C2=O)cc1. The van der Waals surface area contributed by atoms with Gasteiger partial charge in [0.05, 0.1) is 16.3 Å². The summed E-state index contributed by atoms with van der Waals surface area (Å²) in [5, 5.41) is 2.01. The van der Waals surface area contributed by atoms with Crippen molar-refractivity contribution in [2.75, 3.05) is 4.90 Å². The molecule has 1 aliphatic heterocycles. The Kier molecular flexibility index (Phi) is 5.51. The summed E-state index contributed by atoms with van der Waals surface area (Å²) in [6.07, 6.45) is 1.83. The van der Waals surface area contributed by atoms with Crippen molar-refractivity contribution in [1.82, 2.24) is 4.57 Å². The van der Waals surface area contributed by atoms with Crippen molar-refractivity contribution in [3.8, 4) is 5.69 Å². The van der Waals surface area contributed by atoms with Crippen LogP contribution in [-0.2, 0) is 4.79 Å². The van der Waals surface area contributed by atoms with E-state index >= 15 is 0 Å². The molecule has 1 fully saturated rings. The van der Waals surface area contributed by atoms with Crippen molar-refractivity contribution in [2.45, 2.75) is 20.8 Å². The van der Waals surface area contributed by atoms with Crippen molar-refractivity contribution in [2.24, 2.45) is 0 Å². The van der Waals surface area contributed by atoms with E-state index in [9.17, 15) is 9.59 Å². The highest BCUT2D eigenvalue weighted by atomic mass is 79.9. The molecule has 1 aliphatic rings. The summed E-state index contributed by atoms with van der Waals surface area (Å²) in [6, 6.07) is 21.9. The number of imide groups is 1. The Morgan fingerprint density at radius 1 is 0.879 bits per heavy atom. The van der Waals surface area contributed by atoms with Gasteiger partial charge in [0.15, 0.2) is 0 Å². The molecule has 33 heavy (non-hydrogen) atoms. The maximum Gasteiger partial charge on any atom is 0.298 e. The largest absolute Gasteiger partial charge is 0.317 e. The molecule has 1 saturated heterocycles. The van der Waals surface area contributed by atoms with Crippen LogP contribution in [0.2, 0.25) is 0 Å². The van der Waals surface area contributed by atoms with E-state index in [1.807, 2.05) is 44.2 Å². The lowest BCUT2D eigenvalue weighted by Crippen LogP contribution is -2.27. The number of aromatic nitrogens is 1. The van der Waals surface area contributed by atoms with E-state index in [4.69, 9.17) is 0 Å². The number of aryl methyl sites for hydroxylation is 2. The monoisotopic (exact) mass is 516 g/mol. The average molecular weight is 517 g/mol. The molecule has 2 amide bonds. The van der Waals surface area contributed by atoms with Crippen LogP contribution in [0.5, 0.6) is 0 Å². The number of hydrogen-bond donors (Lipinski definition) is 0. The standard InChI is InChI=1S/C27H21BrN2O2S/c1-16-8-10-20(11-9-16)30-26(31)25(33-27(30)32)15-19-14-17(2)29(18(19)3)24-13-12-23(28)21-6-4-5-7-22(21)24/h4-15H,1-3H3/b25-15-. The van der Waals surface area contributed by atoms with Crippen LogP contribution >= 0.6 is 27.7 Å². The smallest absolute Gasteiger partial charge is 0.298 e. The van der Waals surface area contributed by atoms with Gasteiger partial charge in [-0.25, -0.2) is 4.90 Å². The number of carbonyl (C=O) groups excluding carboxylic acids is 2. The van der Waals surface area contributed by atoms with E-state index in [1.54, 1.807) is 12.1 Å². The quantitative estimate of drug-likeness (QED) is 0.264. The second kappa shape index (κ2) is 8.36. The Morgan fingerprint density at radius 3 is 2.30 bits per heavy atom. The number of amides is 2. The fourth-order valence-corrected chi connectivity index (χ4v) is 5.58. The van der Waals surface area contributed by atoms with Crippen LogP contribution in [0.25, 0.3) is 22.5 Å². The third kappa shape index (κ3) is 3.73. The summed E-state index contributed by atoms with van der Waals surface area (Å²) >= 11 is 4.63. The van der Waals surface area contributed by atoms with Crippen LogP contribution in [0.15, 0.2) is 76.1 Å². The molecule has 0 spiro atoms. The van der Waals surface area contributed by atoms with E-state index in [1.165, 1.54) is 4.90 Å². The first kappa shape index (κ1) is 21.7. The average Bonchev–Trinajstić information content (AvgIpc) is 3.24. The number of carbonyl (C=O) groups is 2. The number of anilines is 1. The minimum absolute atomic E-state index is 0.275. The maximum atomic E-state index is 13.1. The van der Waals surface area contributed by atoms with Crippen LogP contribution in [0, 0.1) is 20.8 Å². The molecule has 0 radical (unpaired) electrons. The molecule has 3 aromatic carbocycles. The fourth-order valence-electron chi connectivity index (χ4n) is 4.27. The third-order valence-corrected chi connectivity index (χ3v) is 7.49. The van der Waals surface area contributed by atoms with Crippen molar-refractivity contribution in [3.05, 3.63) is 98.6 Å². The van der Waals surface area contributed by atoms with Gasteiger partial charge < -0.3 is 4.57 Å². The molecule has 0 aliphatic carbocycles. The van der Waals surface area contributed by atoms with E-state index in [2.05, 4.69) is 57.8 Å². The lowest BCUT2D eigenvalue weighted by molar-refractivity contribution is -0.113. The topological polar surface area (TPSA) is 42.3 Å². The molecular weight excluding hydrogens is 496 g/mol. The number of halogens is 1. The van der Waals surface area contributed by atoms with Gasteiger partial charge in [-0.3, -0.25) is 9.59 Å². The second-order valence-electron chi connectivity index (χ2n) is 8.13. The third-order valence-electron chi connectivity index (χ3n) is 5.93. The van der Waals surface area contributed by atoms with Crippen molar-refractivity contribution in [3.63, 3.8) is 0 Å². The first-order chi connectivity index (χ1) is 15.8. The molecule has 0 bridgehead atoms. The molecule has 2 heterocycles. The number of nitrogens with zero attached hydrogens (tertiary/aromatic N) is 2. The summed E-state index contributed by atoms with van der Waals surface area (Å²) in [5.41, 5.74) is 5.75. The normalized spacial score (nSPS) is 15.3. The predicted octanol–water partition coefficient (Wildman–Crippen LogP) is 7.56. The van der Waals surface area contributed by atoms with E-state index in [0.717, 1.165) is 55.2 Å². The van der Waals surface area contributed by atoms with Gasteiger partial charge in [-0.15, -0.1) is 0 Å². The highest BCUT2D eigenvalue weighted by molar-refractivity contribution is 9.10. The van der Waals surface area contributed by atoms with Crippen LogP contribution in [0.4, 0.5) is 10.5 Å². The van der Waals surface area contributed by atoms with Crippen LogP contribution in [0.3, 0.4) is 0 Å². The molecule has 0 unspecified atom stereocenters. The van der Waals surface area contributed by atoms with Crippen molar-refractivity contribution in [1.29, 1.82) is 0 Å². The number of thioether (sulfide) groups is 1. The maximum absolute atomic E-state index is 13.1. The zero-order valence-corrected chi connectivity index (χ0v) is 20.8. The Morgan fingerprint density at radius 2 is 1.58 bits per heavy atom. The van der Waals surface area contributed by atoms with Crippen LogP contribution in [-0.4, -0.2) is 15.7 Å². The molecular formula is C27H21BrN2O2S. The zero-order valence-electron chi connectivity index (χ0n) is 18.4. The van der Waals surface area contributed by atoms with Crippen LogP contribution < -0.4 is 4.90 Å². The Hall–Kier alpha value is -3.09. The van der Waals surface area contributed by atoms with E-state index in [0.29, 0.717) is 10.6 Å². The molecule has 1 aromatic heterocycles. The van der Waals surface area contributed by atoms with Gasteiger partial charge in [0.25, 0.3) is 11.1 Å². The van der Waals surface area contributed by atoms with Gasteiger partial charge in [-0.05, 0) is 79.9 Å². The summed E-state index contributed by atoms with van der Waals surface area (Å²) in [6.45, 7) is 6.07. The molecule has 5 rings (SSSR count). The Balaban J connectivity index is 1.56. The van der Waals surface area contributed by atoms with Crippen LogP contribution in [0.1, 0.15) is 22.5 Å². The highest BCUT2D eigenvalue weighted by Gasteiger charge is 2.36. The van der Waals surface area contributed by atoms with Gasteiger partial charge in [0, 0.05) is 21.2 Å². The number of fused-ring (bicyclic) bond motifs is 1. The fraction of sp³-hybridized carbons (Fsp3) is 0.111. The van der Waals surface area contributed by atoms with Crippen molar-refractivity contribution >= 4 is 61.4 Å². The molecule has 0 saturated carbocycles. The number of rotatable bonds is 3. The minimum atomic E-state index is -0.284. The van der Waals surface area contributed by atoms with E-state index in [-0.39, 0.29) is 11.1 Å². The molecule has 6 heteroatoms. The lowest BCUT2D eigenvalue weighted by Gasteiger charge is -2.14. The zero-order chi connectivity index (χ0) is 23.3. The van der Waals surface area contributed by atoms with Gasteiger partial charge in [0.2, 0.25) is 0 Å². The van der Waals surface area contributed by atoms with Gasteiger partial charge in [-0.2, -0.15) is 0 Å². The summed E-state index contributed by atoms with van der Waals surface area (Å²) in [4.78, 5) is 27.4. The first-order valence-corrected chi connectivity index (χ1v) is 12.2. The highest BCUT2D eigenvalue weighted by Crippen LogP contribution is 2.37. The van der Waals surface area contributed by atoms with Gasteiger partial charge >= 0.3 is 0 Å². The number of hydrogen-bond acceptors (Lipinski definition) is 3. The molecule has 4 nitrogen and oxygen atoms in total. The summed E-state index contributed by atoms with van der Waals surface area (Å²) in [5.74, 6) is -0.284. The van der Waals surface area contributed by atoms with Crippen molar-refractivity contribution < 1.29 is 9.59 Å². The molecule has 0 atom stereocenters. The Labute approximate surface area is 205 Å². The van der Waals surface area contributed by atoms with Gasteiger partial charge in [0.1, 0.15) is 0 Å². The van der Waals surface area contributed by atoms with Gasteiger partial charge in [-0.1, -0.05) is 57.9 Å². The lowest BCUT2D eigenvalue weighted by atomic mass is 10.1. The summed E-state index contributed by atoms with van der Waals surface area (Å²) in [7, 11) is 0. The second-order valence-corrected chi connectivity index (χ2v) is 9.97. The number of benzene rings is 3. The molecule has 0 N–H and O–H groups in total. The Bertz CT molecular complexity index is 1470. The van der Waals surface area contributed by atoms with E-state index < -0.39 is 0 Å². The molecule has 164 valence electrons. The predicted molar refractivity (Wildman–Crippen MR) is 140 cm³/mol. The minimum Gasteiger partial charge on any atom is -0.317 e. The first-order valence-electron chi connectivity index (χ1n) is 10.6. The molecule has 4 aromatic rings.